The second kappa shape index (κ2) is 4.88. The third-order valence-electron chi connectivity index (χ3n) is 2.61. The van der Waals surface area contributed by atoms with Crippen LogP contribution in [0.15, 0.2) is 10.8 Å². The number of nitrogens with one attached hydrogen (secondary N) is 1. The number of halogens is 1. The molecule has 0 aromatic carbocycles. The Hall–Kier alpha value is 0.300. The van der Waals surface area contributed by atoms with Crippen molar-refractivity contribution in [1.82, 2.24) is 5.32 Å². The van der Waals surface area contributed by atoms with E-state index in [1.165, 1.54) is 17.1 Å². The fourth-order valence-corrected chi connectivity index (χ4v) is 4.09. The van der Waals surface area contributed by atoms with Crippen molar-refractivity contribution in [3.05, 3.63) is 21.3 Å². The molecule has 1 N–H and O–H groups in total. The maximum Gasteiger partial charge on any atom is 0.0557 e. The Morgan fingerprint density at radius 2 is 2.36 bits per heavy atom. The van der Waals surface area contributed by atoms with Crippen molar-refractivity contribution in [3.63, 3.8) is 0 Å². The van der Waals surface area contributed by atoms with E-state index in [0.29, 0.717) is 6.04 Å². The summed E-state index contributed by atoms with van der Waals surface area (Å²) in [5, 5.41) is 8.60. The van der Waals surface area contributed by atoms with E-state index in [1.807, 2.05) is 17.1 Å². The molecular weight excluding hydrogens is 234 g/mol. The number of hydrogen-bond donors (Lipinski definition) is 1. The summed E-state index contributed by atoms with van der Waals surface area (Å²) in [5.41, 5.74) is 1.24. The predicted molar refractivity (Wildman–Crippen MR) is 66.4 cm³/mol. The summed E-state index contributed by atoms with van der Waals surface area (Å²) in [7, 11) is 0. The zero-order chi connectivity index (χ0) is 9.97. The first-order chi connectivity index (χ1) is 6.77. The van der Waals surface area contributed by atoms with Gasteiger partial charge in [-0.05, 0) is 22.6 Å². The van der Waals surface area contributed by atoms with Gasteiger partial charge in [-0.2, -0.15) is 23.1 Å². The van der Waals surface area contributed by atoms with Crippen LogP contribution in [-0.2, 0) is 6.54 Å². The topological polar surface area (TPSA) is 12.0 Å². The maximum atomic E-state index is 6.03. The standard InChI is InChI=1S/C10H14ClNS2/c1-7-3-13-6-10(7)12-2-8-4-14-5-9(8)11/h4-5,7,10,12H,2-3,6H2,1H3. The van der Waals surface area contributed by atoms with Crippen molar-refractivity contribution >= 4 is 34.7 Å². The normalized spacial score (nSPS) is 27.0. The fraction of sp³-hybridized carbons (Fsp3) is 0.600. The molecule has 1 aromatic rings. The van der Waals surface area contributed by atoms with Crippen molar-refractivity contribution in [1.29, 1.82) is 0 Å². The van der Waals surface area contributed by atoms with E-state index in [9.17, 15) is 0 Å². The molecular formula is C10H14ClNS2. The average molecular weight is 248 g/mol. The summed E-state index contributed by atoms with van der Waals surface area (Å²) in [6.07, 6.45) is 0. The smallest absolute Gasteiger partial charge is 0.0557 e. The Morgan fingerprint density at radius 1 is 1.50 bits per heavy atom. The van der Waals surface area contributed by atoms with Gasteiger partial charge in [0, 0.05) is 23.7 Å². The molecule has 4 heteroatoms. The third-order valence-corrected chi connectivity index (χ3v) is 5.24. The van der Waals surface area contributed by atoms with Crippen LogP contribution < -0.4 is 5.32 Å². The molecule has 1 fully saturated rings. The Balaban J connectivity index is 1.85. The molecule has 0 spiro atoms. The van der Waals surface area contributed by atoms with E-state index >= 15 is 0 Å². The van der Waals surface area contributed by atoms with Crippen molar-refractivity contribution in [2.45, 2.75) is 19.5 Å². The monoisotopic (exact) mass is 247 g/mol. The minimum Gasteiger partial charge on any atom is -0.309 e. The summed E-state index contributed by atoms with van der Waals surface area (Å²) >= 11 is 9.74. The second-order valence-electron chi connectivity index (χ2n) is 3.75. The summed E-state index contributed by atoms with van der Waals surface area (Å²) in [6, 6.07) is 0.663. The van der Waals surface area contributed by atoms with Gasteiger partial charge in [-0.1, -0.05) is 18.5 Å². The van der Waals surface area contributed by atoms with Gasteiger partial charge in [0.1, 0.15) is 0 Å². The Labute approximate surface area is 98.2 Å². The lowest BCUT2D eigenvalue weighted by Crippen LogP contribution is -2.33. The first kappa shape index (κ1) is 10.8. The van der Waals surface area contributed by atoms with Crippen LogP contribution in [0.4, 0.5) is 0 Å². The Kier molecular flexibility index (Phi) is 3.77. The van der Waals surface area contributed by atoms with Gasteiger partial charge in [0.05, 0.1) is 5.02 Å². The number of hydrogen-bond acceptors (Lipinski definition) is 3. The molecule has 78 valence electrons. The zero-order valence-corrected chi connectivity index (χ0v) is 10.5. The van der Waals surface area contributed by atoms with Gasteiger partial charge in [0.25, 0.3) is 0 Å². The number of thioether (sulfide) groups is 1. The SMILES string of the molecule is CC1CSCC1NCc1cscc1Cl. The Bertz CT molecular complexity index is 300. The van der Waals surface area contributed by atoms with E-state index in [-0.39, 0.29) is 0 Å². The molecule has 2 atom stereocenters. The van der Waals surface area contributed by atoms with Crippen molar-refractivity contribution < 1.29 is 0 Å². The third kappa shape index (κ3) is 2.45. The fourth-order valence-electron chi connectivity index (χ4n) is 1.60. The highest BCUT2D eigenvalue weighted by Crippen LogP contribution is 2.25. The predicted octanol–water partition coefficient (Wildman–Crippen LogP) is 3.24. The molecule has 0 amide bonds. The van der Waals surface area contributed by atoms with Crippen LogP contribution in [0.3, 0.4) is 0 Å². The van der Waals surface area contributed by atoms with Gasteiger partial charge >= 0.3 is 0 Å². The molecule has 1 nitrogen and oxygen atoms in total. The van der Waals surface area contributed by atoms with E-state index in [1.54, 1.807) is 11.3 Å². The van der Waals surface area contributed by atoms with Crippen molar-refractivity contribution in [2.75, 3.05) is 11.5 Å². The largest absolute Gasteiger partial charge is 0.309 e. The molecule has 1 aromatic heterocycles. The molecule has 1 aliphatic heterocycles. The van der Waals surface area contributed by atoms with Crippen LogP contribution in [0.25, 0.3) is 0 Å². The highest BCUT2D eigenvalue weighted by molar-refractivity contribution is 7.99. The molecule has 2 unspecified atom stereocenters. The molecule has 0 aliphatic carbocycles. The quantitative estimate of drug-likeness (QED) is 0.880. The van der Waals surface area contributed by atoms with Crippen molar-refractivity contribution in [3.8, 4) is 0 Å². The van der Waals surface area contributed by atoms with Gasteiger partial charge < -0.3 is 5.32 Å². The lowest BCUT2D eigenvalue weighted by molar-refractivity contribution is 0.454. The van der Waals surface area contributed by atoms with E-state index in [4.69, 9.17) is 11.6 Å². The van der Waals surface area contributed by atoms with Crippen molar-refractivity contribution in [2.24, 2.45) is 5.92 Å². The van der Waals surface area contributed by atoms with Crippen LogP contribution in [0, 0.1) is 5.92 Å². The number of rotatable bonds is 3. The minimum absolute atomic E-state index is 0.663. The maximum absolute atomic E-state index is 6.03. The molecule has 14 heavy (non-hydrogen) atoms. The van der Waals surface area contributed by atoms with E-state index in [0.717, 1.165) is 17.5 Å². The lowest BCUT2D eigenvalue weighted by Gasteiger charge is -2.15. The van der Waals surface area contributed by atoms with Crippen LogP contribution in [0.2, 0.25) is 5.02 Å². The Morgan fingerprint density at radius 3 is 2.93 bits per heavy atom. The second-order valence-corrected chi connectivity index (χ2v) is 5.97. The molecule has 1 saturated heterocycles. The molecule has 0 radical (unpaired) electrons. The van der Waals surface area contributed by atoms with Crippen LogP contribution in [0.1, 0.15) is 12.5 Å². The summed E-state index contributed by atoms with van der Waals surface area (Å²) in [6.45, 7) is 3.23. The highest BCUT2D eigenvalue weighted by Gasteiger charge is 2.23. The summed E-state index contributed by atoms with van der Waals surface area (Å²) in [5.74, 6) is 3.32. The van der Waals surface area contributed by atoms with Crippen LogP contribution in [0.5, 0.6) is 0 Å². The molecule has 2 rings (SSSR count). The molecule has 0 bridgehead atoms. The van der Waals surface area contributed by atoms with E-state index in [2.05, 4.69) is 17.6 Å². The van der Waals surface area contributed by atoms with Gasteiger partial charge in [0.15, 0.2) is 0 Å². The number of thiophene rings is 1. The minimum atomic E-state index is 0.663. The van der Waals surface area contributed by atoms with Crippen LogP contribution in [-0.4, -0.2) is 17.5 Å². The zero-order valence-electron chi connectivity index (χ0n) is 8.13. The van der Waals surface area contributed by atoms with Gasteiger partial charge in [-0.3, -0.25) is 0 Å². The van der Waals surface area contributed by atoms with Gasteiger partial charge in [-0.15, -0.1) is 0 Å². The highest BCUT2D eigenvalue weighted by atomic mass is 35.5. The van der Waals surface area contributed by atoms with Gasteiger partial charge in [-0.25, -0.2) is 0 Å². The molecule has 0 saturated carbocycles. The molecule has 2 heterocycles. The van der Waals surface area contributed by atoms with E-state index < -0.39 is 0 Å². The molecule has 1 aliphatic rings. The first-order valence-corrected chi connectivity index (χ1v) is 7.26. The lowest BCUT2D eigenvalue weighted by atomic mass is 10.1. The summed E-state index contributed by atoms with van der Waals surface area (Å²) in [4.78, 5) is 0. The summed E-state index contributed by atoms with van der Waals surface area (Å²) < 4.78 is 0. The van der Waals surface area contributed by atoms with Crippen LogP contribution >= 0.6 is 34.7 Å². The average Bonchev–Trinajstić information content (AvgIpc) is 2.72. The van der Waals surface area contributed by atoms with Gasteiger partial charge in [0.2, 0.25) is 0 Å². The first-order valence-electron chi connectivity index (χ1n) is 4.79.